The van der Waals surface area contributed by atoms with Crippen molar-refractivity contribution in [2.75, 3.05) is 12.3 Å². The Morgan fingerprint density at radius 3 is 1.55 bits per heavy atom. The second-order valence-electron chi connectivity index (χ2n) is 4.92. The molecular weight excluding hydrogens is 330 g/mol. The van der Waals surface area contributed by atoms with Gasteiger partial charge in [-0.3, -0.25) is 9.13 Å². The summed E-state index contributed by atoms with van der Waals surface area (Å²) in [5.74, 6) is 0. The van der Waals surface area contributed by atoms with Crippen LogP contribution in [0.5, 0.6) is 0 Å². The zero-order chi connectivity index (χ0) is 17.4. The third-order valence-electron chi connectivity index (χ3n) is 2.61. The lowest BCUT2D eigenvalue weighted by atomic mass is 10.1. The standard InChI is InChI=1S/C8H12N2.C4H12O6P2/c1-6-2-4-7(5-3-6)8(9)10;5-11(6,7)3-1-2-4-12(8,9)10/h2-5,8H,9-10H2,1H3;1-4H2,(H2,5,6,7)(H2,8,9,10). The second-order valence-corrected chi connectivity index (χ2v) is 8.47. The molecule has 1 rings (SSSR count). The molecule has 1 aromatic carbocycles. The number of unbranched alkanes of at least 4 members (excludes halogenated alkanes) is 1. The van der Waals surface area contributed by atoms with Crippen molar-refractivity contribution >= 4 is 15.2 Å². The predicted octanol–water partition coefficient (Wildman–Crippen LogP) is 1.03. The maximum Gasteiger partial charge on any atom is 0.325 e. The molecule has 8 N–H and O–H groups in total. The highest BCUT2D eigenvalue weighted by molar-refractivity contribution is 7.52. The number of nitrogens with two attached hydrogens (primary N) is 2. The molecule has 8 nitrogen and oxygen atoms in total. The van der Waals surface area contributed by atoms with Crippen LogP contribution in [0.25, 0.3) is 0 Å². The fraction of sp³-hybridized carbons (Fsp3) is 0.500. The lowest BCUT2D eigenvalue weighted by molar-refractivity contribution is 0.364. The van der Waals surface area contributed by atoms with E-state index in [1.807, 2.05) is 31.2 Å². The smallest absolute Gasteiger partial charge is 0.324 e. The van der Waals surface area contributed by atoms with Crippen LogP contribution in [-0.4, -0.2) is 31.9 Å². The fourth-order valence-corrected chi connectivity index (χ4v) is 2.70. The van der Waals surface area contributed by atoms with Crippen molar-refractivity contribution in [1.82, 2.24) is 0 Å². The van der Waals surface area contributed by atoms with E-state index in [1.165, 1.54) is 5.56 Å². The molecule has 0 aromatic heterocycles. The number of hydrogen-bond acceptors (Lipinski definition) is 4. The molecule has 0 heterocycles. The molecule has 0 saturated heterocycles. The van der Waals surface area contributed by atoms with Gasteiger partial charge in [-0.2, -0.15) is 0 Å². The summed E-state index contributed by atoms with van der Waals surface area (Å²) < 4.78 is 20.5. The van der Waals surface area contributed by atoms with Crippen molar-refractivity contribution in [3.8, 4) is 0 Å². The van der Waals surface area contributed by atoms with E-state index in [0.717, 1.165) is 5.56 Å². The molecule has 0 atom stereocenters. The average Bonchev–Trinajstić information content (AvgIpc) is 2.34. The zero-order valence-electron chi connectivity index (χ0n) is 12.4. The van der Waals surface area contributed by atoms with Crippen LogP contribution in [0.2, 0.25) is 0 Å². The van der Waals surface area contributed by atoms with Crippen molar-refractivity contribution in [2.45, 2.75) is 25.9 Å². The van der Waals surface area contributed by atoms with Gasteiger partial charge in [-0.1, -0.05) is 29.8 Å². The summed E-state index contributed by atoms with van der Waals surface area (Å²) >= 11 is 0. The average molecular weight is 354 g/mol. The maximum absolute atomic E-state index is 10.3. The topological polar surface area (TPSA) is 167 Å². The van der Waals surface area contributed by atoms with E-state index in [1.54, 1.807) is 0 Å². The largest absolute Gasteiger partial charge is 0.325 e. The summed E-state index contributed by atoms with van der Waals surface area (Å²) in [6, 6.07) is 7.89. The maximum atomic E-state index is 10.3. The molecule has 0 bridgehead atoms. The van der Waals surface area contributed by atoms with Crippen LogP contribution in [0.4, 0.5) is 0 Å². The van der Waals surface area contributed by atoms with Gasteiger partial charge in [-0.15, -0.1) is 0 Å². The molecule has 0 radical (unpaired) electrons. The molecule has 0 saturated carbocycles. The number of benzene rings is 1. The molecule has 1 aromatic rings. The summed E-state index contributed by atoms with van der Waals surface area (Å²) in [7, 11) is -8.00. The van der Waals surface area contributed by atoms with Crippen LogP contribution >= 0.6 is 15.2 Å². The normalized spacial score (nSPS) is 12.0. The molecule has 0 aliphatic carbocycles. The molecule has 22 heavy (non-hydrogen) atoms. The van der Waals surface area contributed by atoms with Gasteiger partial charge in [-0.25, -0.2) is 0 Å². The fourth-order valence-electron chi connectivity index (χ4n) is 1.42. The van der Waals surface area contributed by atoms with Crippen LogP contribution in [0.15, 0.2) is 24.3 Å². The highest BCUT2D eigenvalue weighted by Crippen LogP contribution is 2.38. The number of aryl methyl sites for hydroxylation is 1. The Hall–Kier alpha value is -0.560. The summed E-state index contributed by atoms with van der Waals surface area (Å²) in [6.45, 7) is 2.03. The Morgan fingerprint density at radius 2 is 1.27 bits per heavy atom. The van der Waals surface area contributed by atoms with Crippen LogP contribution in [-0.2, 0) is 9.13 Å². The molecule has 0 unspecified atom stereocenters. The van der Waals surface area contributed by atoms with Crippen LogP contribution < -0.4 is 11.5 Å². The molecule has 0 aliphatic rings. The third-order valence-corrected chi connectivity index (χ3v) is 4.41. The monoisotopic (exact) mass is 354 g/mol. The van der Waals surface area contributed by atoms with Gasteiger partial charge in [-0.05, 0) is 25.3 Å². The van der Waals surface area contributed by atoms with Crippen molar-refractivity contribution in [2.24, 2.45) is 11.5 Å². The predicted molar refractivity (Wildman–Crippen MR) is 85.4 cm³/mol. The van der Waals surface area contributed by atoms with Gasteiger partial charge in [0.05, 0.1) is 6.17 Å². The van der Waals surface area contributed by atoms with E-state index in [4.69, 9.17) is 31.0 Å². The SMILES string of the molecule is Cc1ccc(C(N)N)cc1.O=P(O)(O)CCCCP(=O)(O)O. The van der Waals surface area contributed by atoms with E-state index in [0.29, 0.717) is 0 Å². The molecule has 0 aliphatic heterocycles. The quantitative estimate of drug-likeness (QED) is 0.250. The van der Waals surface area contributed by atoms with E-state index < -0.39 is 15.2 Å². The lowest BCUT2D eigenvalue weighted by Crippen LogP contribution is -2.19. The van der Waals surface area contributed by atoms with Gasteiger partial charge in [0, 0.05) is 12.3 Å². The zero-order valence-corrected chi connectivity index (χ0v) is 14.2. The first kappa shape index (κ1) is 21.4. The van der Waals surface area contributed by atoms with Gasteiger partial charge in [0.25, 0.3) is 0 Å². The lowest BCUT2D eigenvalue weighted by Gasteiger charge is -2.04. The Morgan fingerprint density at radius 1 is 0.909 bits per heavy atom. The highest BCUT2D eigenvalue weighted by atomic mass is 31.2. The molecule has 0 amide bonds. The van der Waals surface area contributed by atoms with E-state index >= 15 is 0 Å². The first-order valence-corrected chi connectivity index (χ1v) is 10.2. The first-order chi connectivity index (χ1) is 9.91. The first-order valence-electron chi connectivity index (χ1n) is 6.57. The van der Waals surface area contributed by atoms with Crippen LogP contribution in [0.1, 0.15) is 30.1 Å². The highest BCUT2D eigenvalue weighted by Gasteiger charge is 2.15. The van der Waals surface area contributed by atoms with Gasteiger partial charge >= 0.3 is 15.2 Å². The van der Waals surface area contributed by atoms with Crippen molar-refractivity contribution in [3.63, 3.8) is 0 Å². The van der Waals surface area contributed by atoms with Crippen LogP contribution in [0.3, 0.4) is 0 Å². The summed E-state index contributed by atoms with van der Waals surface area (Å²) in [4.78, 5) is 33.5. The summed E-state index contributed by atoms with van der Waals surface area (Å²) in [5, 5.41) is 0. The Kier molecular flexibility index (Phi) is 9.31. The van der Waals surface area contributed by atoms with E-state index in [2.05, 4.69) is 0 Å². The molecule has 0 spiro atoms. The Bertz CT molecular complexity index is 499. The van der Waals surface area contributed by atoms with Gasteiger partial charge in [0.2, 0.25) is 0 Å². The van der Waals surface area contributed by atoms with Gasteiger partial charge in [0.1, 0.15) is 0 Å². The number of hydrogen-bond donors (Lipinski definition) is 6. The Balaban J connectivity index is 0.000000406. The van der Waals surface area contributed by atoms with Crippen molar-refractivity contribution < 1.29 is 28.7 Å². The third kappa shape index (κ3) is 13.1. The van der Waals surface area contributed by atoms with Gasteiger partial charge < -0.3 is 31.0 Å². The minimum absolute atomic E-state index is 0.134. The second kappa shape index (κ2) is 9.55. The van der Waals surface area contributed by atoms with Gasteiger partial charge in [0.15, 0.2) is 0 Å². The minimum Gasteiger partial charge on any atom is -0.324 e. The van der Waals surface area contributed by atoms with Crippen LogP contribution in [0, 0.1) is 6.92 Å². The van der Waals surface area contributed by atoms with Crippen molar-refractivity contribution in [1.29, 1.82) is 0 Å². The molecular formula is C12H24N2O6P2. The summed E-state index contributed by atoms with van der Waals surface area (Å²) in [5.41, 5.74) is 13.1. The Labute approximate surface area is 129 Å². The van der Waals surface area contributed by atoms with Crippen molar-refractivity contribution in [3.05, 3.63) is 35.4 Å². The molecule has 0 fully saturated rings. The van der Waals surface area contributed by atoms with E-state index in [-0.39, 0.29) is 31.3 Å². The molecule has 128 valence electrons. The van der Waals surface area contributed by atoms with E-state index in [9.17, 15) is 9.13 Å². The minimum atomic E-state index is -4.00. The molecule has 10 heteroatoms. The number of rotatable bonds is 6. The summed E-state index contributed by atoms with van der Waals surface area (Å²) in [6.07, 6.45) is -0.703.